The van der Waals surface area contributed by atoms with E-state index in [0.717, 1.165) is 50.5 Å². The van der Waals surface area contributed by atoms with Gasteiger partial charge in [-0.3, -0.25) is 9.59 Å². The van der Waals surface area contributed by atoms with Crippen molar-refractivity contribution in [2.24, 2.45) is 11.8 Å². The molecule has 3 atom stereocenters. The lowest BCUT2D eigenvalue weighted by Crippen LogP contribution is -3.19. The maximum Gasteiger partial charge on any atom is 0.280 e. The first-order valence-electron chi connectivity index (χ1n) is 10.3. The largest absolute Gasteiger partial charge is 0.360 e. The highest BCUT2D eigenvalue weighted by molar-refractivity contribution is 5.94. The molecule has 0 unspecified atom stereocenters. The first-order valence-corrected chi connectivity index (χ1v) is 10.3. The maximum absolute atomic E-state index is 13.0. The van der Waals surface area contributed by atoms with Gasteiger partial charge < -0.3 is 14.7 Å². The predicted molar refractivity (Wildman–Crippen MR) is 108 cm³/mol. The van der Waals surface area contributed by atoms with Crippen molar-refractivity contribution in [2.45, 2.75) is 40.2 Å². The van der Waals surface area contributed by atoms with Crippen molar-refractivity contribution in [1.82, 2.24) is 4.90 Å². The number of benzene rings is 1. The first kappa shape index (κ1) is 19.9. The Hall–Kier alpha value is -1.88. The van der Waals surface area contributed by atoms with Crippen LogP contribution in [0.1, 0.15) is 44.5 Å². The first-order chi connectivity index (χ1) is 12.8. The zero-order valence-corrected chi connectivity index (χ0v) is 17.2. The number of piperazine rings is 1. The van der Waals surface area contributed by atoms with Gasteiger partial charge in [0.1, 0.15) is 0 Å². The Kier molecular flexibility index (Phi) is 6.20. The summed E-state index contributed by atoms with van der Waals surface area (Å²) in [4.78, 5) is 30.3. The van der Waals surface area contributed by atoms with Gasteiger partial charge in [-0.25, -0.2) is 0 Å². The Bertz CT molecular complexity index is 655. The van der Waals surface area contributed by atoms with Crippen LogP contribution >= 0.6 is 0 Å². The summed E-state index contributed by atoms with van der Waals surface area (Å²) in [6.07, 6.45) is 1.23. The molecule has 27 heavy (non-hydrogen) atoms. The van der Waals surface area contributed by atoms with Crippen LogP contribution < -0.4 is 9.80 Å². The summed E-state index contributed by atoms with van der Waals surface area (Å²) in [5.41, 5.74) is 1.92. The number of anilines is 1. The molecule has 2 aliphatic heterocycles. The molecule has 1 amide bonds. The van der Waals surface area contributed by atoms with Gasteiger partial charge in [0, 0.05) is 24.3 Å². The van der Waals surface area contributed by atoms with E-state index in [9.17, 15) is 9.59 Å². The predicted octanol–water partition coefficient (Wildman–Crippen LogP) is 1.49. The van der Waals surface area contributed by atoms with E-state index in [1.54, 1.807) is 6.92 Å². The average molecular weight is 373 g/mol. The summed E-state index contributed by atoms with van der Waals surface area (Å²) in [5, 5.41) is 0. The Labute approximate surface area is 163 Å². The molecule has 0 aromatic heterocycles. The van der Waals surface area contributed by atoms with Crippen LogP contribution in [0.5, 0.6) is 0 Å². The third kappa shape index (κ3) is 4.70. The highest BCUT2D eigenvalue weighted by Gasteiger charge is 2.34. The van der Waals surface area contributed by atoms with Crippen LogP contribution in [0.3, 0.4) is 0 Å². The minimum atomic E-state index is 0.0322. The number of carbonyl (C=O) groups is 2. The van der Waals surface area contributed by atoms with Crippen molar-refractivity contribution < 1.29 is 14.5 Å². The lowest BCUT2D eigenvalue weighted by Gasteiger charge is -2.40. The van der Waals surface area contributed by atoms with Crippen LogP contribution in [0, 0.1) is 11.8 Å². The molecule has 0 bridgehead atoms. The standard InChI is InChI=1S/C22H33N3O2/c1-16-13-17(2)15-25(14-16)22(27)18(3)23-9-11-24(12-10-23)21-7-5-20(6-8-21)19(4)26/h5-8,16-18H,9-15H2,1-4H3/p+1/t16-,17+,18-/m1/s1. The molecule has 2 aliphatic rings. The van der Waals surface area contributed by atoms with E-state index < -0.39 is 0 Å². The normalized spacial score (nSPS) is 25.3. The average Bonchev–Trinajstić information content (AvgIpc) is 2.66. The third-order valence-corrected chi connectivity index (χ3v) is 6.21. The molecule has 1 aromatic carbocycles. The molecule has 0 radical (unpaired) electrons. The summed E-state index contributed by atoms with van der Waals surface area (Å²) in [6.45, 7) is 13.9. The van der Waals surface area contributed by atoms with Gasteiger partial charge >= 0.3 is 0 Å². The van der Waals surface area contributed by atoms with E-state index in [1.165, 1.54) is 11.3 Å². The van der Waals surface area contributed by atoms with Crippen molar-refractivity contribution in [1.29, 1.82) is 0 Å². The molecular formula is C22H34N3O2+. The van der Waals surface area contributed by atoms with Gasteiger partial charge in [0.2, 0.25) is 0 Å². The van der Waals surface area contributed by atoms with Crippen LogP contribution in [-0.4, -0.2) is 61.9 Å². The molecule has 1 aromatic rings. The number of nitrogens with one attached hydrogen (secondary N) is 1. The van der Waals surface area contributed by atoms with E-state index >= 15 is 0 Å². The molecule has 2 fully saturated rings. The molecular weight excluding hydrogens is 338 g/mol. The summed E-state index contributed by atoms with van der Waals surface area (Å²) in [5.74, 6) is 1.64. The zero-order valence-electron chi connectivity index (χ0n) is 17.2. The zero-order chi connectivity index (χ0) is 19.6. The van der Waals surface area contributed by atoms with Crippen molar-refractivity contribution in [2.75, 3.05) is 44.2 Å². The van der Waals surface area contributed by atoms with E-state index in [1.807, 2.05) is 24.3 Å². The van der Waals surface area contributed by atoms with Crippen LogP contribution in [-0.2, 0) is 4.79 Å². The van der Waals surface area contributed by atoms with Crippen molar-refractivity contribution in [3.05, 3.63) is 29.8 Å². The van der Waals surface area contributed by atoms with Crippen LogP contribution in [0.15, 0.2) is 24.3 Å². The lowest BCUT2D eigenvalue weighted by molar-refractivity contribution is -0.915. The molecule has 5 heteroatoms. The monoisotopic (exact) mass is 372 g/mol. The van der Waals surface area contributed by atoms with Crippen molar-refractivity contribution in [3.63, 3.8) is 0 Å². The summed E-state index contributed by atoms with van der Waals surface area (Å²) >= 11 is 0. The molecule has 5 nitrogen and oxygen atoms in total. The SMILES string of the molecule is CC(=O)c1ccc(N2CC[NH+]([C@H](C)C(=O)N3C[C@H](C)C[C@H](C)C3)CC2)cc1. The quantitative estimate of drug-likeness (QED) is 0.815. The van der Waals surface area contributed by atoms with Crippen molar-refractivity contribution >= 4 is 17.4 Å². The van der Waals surface area contributed by atoms with Crippen LogP contribution in [0.2, 0.25) is 0 Å². The van der Waals surface area contributed by atoms with E-state index in [4.69, 9.17) is 0 Å². The highest BCUT2D eigenvalue weighted by Crippen LogP contribution is 2.21. The maximum atomic E-state index is 13.0. The summed E-state index contributed by atoms with van der Waals surface area (Å²) in [6, 6.07) is 7.91. The Morgan fingerprint density at radius 3 is 2.11 bits per heavy atom. The van der Waals surface area contributed by atoms with Crippen LogP contribution in [0.25, 0.3) is 0 Å². The Morgan fingerprint density at radius 1 is 1.04 bits per heavy atom. The van der Waals surface area contributed by atoms with Gasteiger partial charge in [-0.15, -0.1) is 0 Å². The molecule has 148 valence electrons. The number of rotatable bonds is 4. The number of hydrogen-bond donors (Lipinski definition) is 1. The number of amides is 1. The van der Waals surface area contributed by atoms with E-state index in [2.05, 4.69) is 30.6 Å². The fraction of sp³-hybridized carbons (Fsp3) is 0.636. The number of likely N-dealkylation sites (tertiary alicyclic amines) is 1. The number of hydrogen-bond acceptors (Lipinski definition) is 3. The Balaban J connectivity index is 1.55. The van der Waals surface area contributed by atoms with Gasteiger partial charge in [-0.1, -0.05) is 13.8 Å². The van der Waals surface area contributed by atoms with Gasteiger partial charge in [0.15, 0.2) is 11.8 Å². The van der Waals surface area contributed by atoms with Gasteiger partial charge in [0.05, 0.1) is 26.2 Å². The molecule has 0 spiro atoms. The molecule has 0 aliphatic carbocycles. The van der Waals surface area contributed by atoms with Gasteiger partial charge in [0.25, 0.3) is 5.91 Å². The molecule has 3 rings (SSSR count). The number of nitrogens with zero attached hydrogens (tertiary/aromatic N) is 2. The highest BCUT2D eigenvalue weighted by atomic mass is 16.2. The molecule has 0 saturated carbocycles. The summed E-state index contributed by atoms with van der Waals surface area (Å²) in [7, 11) is 0. The van der Waals surface area contributed by atoms with Gasteiger partial charge in [-0.2, -0.15) is 0 Å². The number of ketones is 1. The second kappa shape index (κ2) is 8.42. The van der Waals surface area contributed by atoms with Gasteiger partial charge in [-0.05, 0) is 56.4 Å². The minimum Gasteiger partial charge on any atom is -0.360 e. The van der Waals surface area contributed by atoms with E-state index in [-0.39, 0.29) is 11.8 Å². The topological polar surface area (TPSA) is 45.1 Å². The fourth-order valence-electron chi connectivity index (χ4n) is 4.68. The fourth-order valence-corrected chi connectivity index (χ4v) is 4.68. The molecule has 2 saturated heterocycles. The van der Waals surface area contributed by atoms with Crippen LogP contribution in [0.4, 0.5) is 5.69 Å². The number of piperidine rings is 1. The Morgan fingerprint density at radius 2 is 1.59 bits per heavy atom. The third-order valence-electron chi connectivity index (χ3n) is 6.21. The summed E-state index contributed by atoms with van der Waals surface area (Å²) < 4.78 is 0. The second-order valence-electron chi connectivity index (χ2n) is 8.66. The lowest BCUT2D eigenvalue weighted by atomic mass is 9.91. The van der Waals surface area contributed by atoms with E-state index in [0.29, 0.717) is 17.7 Å². The molecule has 1 N–H and O–H groups in total. The number of quaternary nitrogens is 1. The smallest absolute Gasteiger partial charge is 0.280 e. The molecule has 2 heterocycles. The van der Waals surface area contributed by atoms with Crippen molar-refractivity contribution in [3.8, 4) is 0 Å². The number of carbonyl (C=O) groups excluding carboxylic acids is 2. The minimum absolute atomic E-state index is 0.0322. The number of Topliss-reactive ketones (excluding diaryl/α,β-unsaturated/α-hetero) is 1. The second-order valence-corrected chi connectivity index (χ2v) is 8.66.